The standard InChI is InChI=1S/C50H72F4O4/c1-5-9-13-17-21-25-29-55-41-33-37-38-34-42(56-30-26-22-18-14-10-6-2)44(58-32-28-24-20-16-12-8-4)36-40(38)46-45(47(51)49(53)50(54)48(46)52)39(37)35-43(41)57-31-27-23-19-15-11-7-3/h33-36H,5-32H2,1-4H3. The molecule has 0 atom stereocenters. The van der Waals surface area contributed by atoms with Crippen LogP contribution in [0.4, 0.5) is 17.6 Å². The van der Waals surface area contributed by atoms with Gasteiger partial charge in [0, 0.05) is 10.8 Å². The molecule has 4 aromatic rings. The van der Waals surface area contributed by atoms with Crippen LogP contribution in [-0.2, 0) is 0 Å². The van der Waals surface area contributed by atoms with E-state index in [1.54, 1.807) is 24.3 Å². The van der Waals surface area contributed by atoms with Gasteiger partial charge in [-0.2, -0.15) is 0 Å². The highest BCUT2D eigenvalue weighted by molar-refractivity contribution is 6.26. The van der Waals surface area contributed by atoms with Gasteiger partial charge in [-0.1, -0.05) is 156 Å². The zero-order valence-electron chi connectivity index (χ0n) is 36.3. The van der Waals surface area contributed by atoms with Gasteiger partial charge in [-0.05, 0) is 71.5 Å². The van der Waals surface area contributed by atoms with Gasteiger partial charge in [0.15, 0.2) is 46.3 Å². The summed E-state index contributed by atoms with van der Waals surface area (Å²) in [7, 11) is 0. The number of halogens is 4. The third kappa shape index (κ3) is 13.8. The zero-order chi connectivity index (χ0) is 41.5. The van der Waals surface area contributed by atoms with Crippen molar-refractivity contribution in [3.63, 3.8) is 0 Å². The van der Waals surface area contributed by atoms with Crippen LogP contribution < -0.4 is 18.9 Å². The van der Waals surface area contributed by atoms with Gasteiger partial charge in [-0.25, -0.2) is 17.6 Å². The summed E-state index contributed by atoms with van der Waals surface area (Å²) in [6, 6.07) is 6.81. The molecular formula is C50H72F4O4. The SMILES string of the molecule is CCCCCCCCOc1cc2c3cc(OCCCCCCCC)c(OCCCCCCCC)cc3c3c(F)c(F)c(F)c(F)c3c2cc1OCCCCCCCC. The minimum atomic E-state index is -1.85. The van der Waals surface area contributed by atoms with Crippen LogP contribution in [0.15, 0.2) is 24.3 Å². The summed E-state index contributed by atoms with van der Waals surface area (Å²) < 4.78 is 88.0. The van der Waals surface area contributed by atoms with E-state index in [9.17, 15) is 0 Å². The molecule has 0 heterocycles. The molecule has 0 aliphatic carbocycles. The fraction of sp³-hybridized carbons (Fsp3) is 0.640. The van der Waals surface area contributed by atoms with Gasteiger partial charge >= 0.3 is 0 Å². The van der Waals surface area contributed by atoms with Gasteiger partial charge in [0.05, 0.1) is 26.4 Å². The second-order valence-electron chi connectivity index (χ2n) is 16.2. The van der Waals surface area contributed by atoms with E-state index in [1.807, 2.05) is 0 Å². The Morgan fingerprint density at radius 1 is 0.293 bits per heavy atom. The van der Waals surface area contributed by atoms with E-state index < -0.39 is 23.3 Å². The Hall–Kier alpha value is -3.42. The highest BCUT2D eigenvalue weighted by Gasteiger charge is 2.27. The van der Waals surface area contributed by atoms with Crippen LogP contribution in [0.3, 0.4) is 0 Å². The maximum atomic E-state index is 16.1. The predicted octanol–water partition coefficient (Wildman–Crippen LogP) is 16.7. The third-order valence-electron chi connectivity index (χ3n) is 11.3. The second kappa shape index (κ2) is 26.6. The lowest BCUT2D eigenvalue weighted by Gasteiger charge is -2.20. The van der Waals surface area contributed by atoms with Crippen molar-refractivity contribution in [3.8, 4) is 23.0 Å². The fourth-order valence-corrected chi connectivity index (χ4v) is 7.83. The summed E-state index contributed by atoms with van der Waals surface area (Å²) in [5, 5.41) is 0.754. The van der Waals surface area contributed by atoms with Gasteiger partial charge in [0.1, 0.15) is 0 Å². The lowest BCUT2D eigenvalue weighted by atomic mass is 9.92. The van der Waals surface area contributed by atoms with Gasteiger partial charge in [-0.3, -0.25) is 0 Å². The molecule has 0 saturated heterocycles. The second-order valence-corrected chi connectivity index (χ2v) is 16.2. The van der Waals surface area contributed by atoms with Crippen LogP contribution >= 0.6 is 0 Å². The molecular weight excluding hydrogens is 741 g/mol. The Morgan fingerprint density at radius 3 is 0.776 bits per heavy atom. The minimum absolute atomic E-state index is 0.213. The first-order chi connectivity index (χ1) is 28.4. The van der Waals surface area contributed by atoms with Gasteiger partial charge < -0.3 is 18.9 Å². The summed E-state index contributed by atoms with van der Waals surface area (Å²) in [5.41, 5.74) is 0. The molecule has 8 heteroatoms. The topological polar surface area (TPSA) is 36.9 Å². The van der Waals surface area contributed by atoms with Gasteiger partial charge in [-0.15, -0.1) is 0 Å². The lowest BCUT2D eigenvalue weighted by molar-refractivity contribution is 0.259. The van der Waals surface area contributed by atoms with Crippen molar-refractivity contribution in [2.24, 2.45) is 0 Å². The third-order valence-corrected chi connectivity index (χ3v) is 11.3. The average molecular weight is 813 g/mol. The Bertz CT molecular complexity index is 1680. The molecule has 0 unspecified atom stereocenters. The number of ether oxygens (including phenoxy) is 4. The Kier molecular flexibility index (Phi) is 21.7. The van der Waals surface area contributed by atoms with Crippen molar-refractivity contribution in [1.29, 1.82) is 0 Å². The number of hydrogen-bond donors (Lipinski definition) is 0. The van der Waals surface area contributed by atoms with E-state index in [4.69, 9.17) is 18.9 Å². The molecule has 4 nitrogen and oxygen atoms in total. The normalized spacial score (nSPS) is 11.7. The molecule has 4 rings (SSSR count). The number of hydrogen-bond acceptors (Lipinski definition) is 4. The smallest absolute Gasteiger partial charge is 0.198 e. The summed E-state index contributed by atoms with van der Waals surface area (Å²) in [4.78, 5) is 0. The van der Waals surface area contributed by atoms with E-state index in [0.29, 0.717) is 60.2 Å². The quantitative estimate of drug-likeness (QED) is 0.0162. The van der Waals surface area contributed by atoms with Crippen molar-refractivity contribution >= 4 is 32.3 Å². The largest absolute Gasteiger partial charge is 0.490 e. The Morgan fingerprint density at radius 2 is 0.517 bits per heavy atom. The molecule has 0 bridgehead atoms. The van der Waals surface area contributed by atoms with Crippen LogP contribution in [0.5, 0.6) is 23.0 Å². The number of fused-ring (bicyclic) bond motifs is 6. The first kappa shape index (κ1) is 47.3. The summed E-state index contributed by atoms with van der Waals surface area (Å²) in [6.45, 7) is 10.5. The van der Waals surface area contributed by atoms with Gasteiger partial charge in [0.25, 0.3) is 0 Å². The summed E-state index contributed by atoms with van der Waals surface area (Å²) >= 11 is 0. The van der Waals surface area contributed by atoms with Crippen molar-refractivity contribution in [2.75, 3.05) is 26.4 Å². The molecule has 0 spiro atoms. The lowest BCUT2D eigenvalue weighted by Crippen LogP contribution is -2.05. The van der Waals surface area contributed by atoms with Crippen molar-refractivity contribution in [2.45, 2.75) is 182 Å². The molecule has 0 saturated carbocycles. The minimum Gasteiger partial charge on any atom is -0.490 e. The van der Waals surface area contributed by atoms with Crippen LogP contribution in [-0.4, -0.2) is 26.4 Å². The zero-order valence-corrected chi connectivity index (χ0v) is 36.3. The fourth-order valence-electron chi connectivity index (χ4n) is 7.83. The molecule has 0 radical (unpaired) electrons. The molecule has 58 heavy (non-hydrogen) atoms. The first-order valence-electron chi connectivity index (χ1n) is 23.1. The maximum Gasteiger partial charge on any atom is 0.198 e. The molecule has 0 amide bonds. The van der Waals surface area contributed by atoms with E-state index >= 15 is 17.6 Å². The number of rotatable bonds is 32. The van der Waals surface area contributed by atoms with Crippen molar-refractivity contribution < 1.29 is 36.5 Å². The van der Waals surface area contributed by atoms with E-state index in [-0.39, 0.29) is 21.5 Å². The number of unbranched alkanes of at least 4 members (excludes halogenated alkanes) is 20. The molecule has 0 N–H and O–H groups in total. The highest BCUT2D eigenvalue weighted by atomic mass is 19.2. The van der Waals surface area contributed by atoms with E-state index in [1.165, 1.54) is 64.2 Å². The van der Waals surface area contributed by atoms with Gasteiger partial charge in [0.2, 0.25) is 0 Å². The average Bonchev–Trinajstić information content (AvgIpc) is 3.23. The van der Waals surface area contributed by atoms with Crippen molar-refractivity contribution in [3.05, 3.63) is 47.5 Å². The molecule has 0 fully saturated rings. The molecule has 0 aliphatic rings. The monoisotopic (exact) mass is 813 g/mol. The number of benzene rings is 4. The molecule has 324 valence electrons. The Balaban J connectivity index is 1.82. The summed E-state index contributed by atoms with van der Waals surface area (Å²) in [6.07, 6.45) is 26.1. The molecule has 0 aromatic heterocycles. The van der Waals surface area contributed by atoms with E-state index in [2.05, 4.69) is 27.7 Å². The molecule has 0 aliphatic heterocycles. The van der Waals surface area contributed by atoms with E-state index in [0.717, 1.165) is 89.9 Å². The van der Waals surface area contributed by atoms with Crippen LogP contribution in [0.1, 0.15) is 182 Å². The predicted molar refractivity (Wildman–Crippen MR) is 234 cm³/mol. The van der Waals surface area contributed by atoms with Crippen LogP contribution in [0.25, 0.3) is 32.3 Å². The molecule has 4 aromatic carbocycles. The highest BCUT2D eigenvalue weighted by Crippen LogP contribution is 2.47. The first-order valence-corrected chi connectivity index (χ1v) is 23.1. The van der Waals surface area contributed by atoms with Crippen LogP contribution in [0, 0.1) is 23.3 Å². The maximum absolute atomic E-state index is 16.1. The van der Waals surface area contributed by atoms with Crippen molar-refractivity contribution in [1.82, 2.24) is 0 Å². The van der Waals surface area contributed by atoms with Crippen LogP contribution in [0.2, 0.25) is 0 Å². The summed E-state index contributed by atoms with van der Waals surface area (Å²) in [5.74, 6) is -4.87. The Labute approximate surface area is 346 Å².